The Labute approximate surface area is 231 Å². The van der Waals surface area contributed by atoms with Crippen molar-refractivity contribution in [3.8, 4) is 5.75 Å². The summed E-state index contributed by atoms with van der Waals surface area (Å²) < 4.78 is 51.8. The SMILES string of the molecule is CCN(Cc1ccccc1Cl)C(=O)OC1CNCC=C1c1ccc(CCCOc2c(F)ccc(F)c2F)cc1. The molecule has 1 heterocycles. The minimum absolute atomic E-state index is 0.0377. The van der Waals surface area contributed by atoms with Gasteiger partial charge in [0.15, 0.2) is 17.4 Å². The van der Waals surface area contributed by atoms with E-state index in [0.29, 0.717) is 44.0 Å². The highest BCUT2D eigenvalue weighted by molar-refractivity contribution is 6.31. The molecule has 0 saturated heterocycles. The third kappa shape index (κ3) is 7.34. The fourth-order valence-corrected chi connectivity index (χ4v) is 4.53. The van der Waals surface area contributed by atoms with Crippen LogP contribution in [0.15, 0.2) is 66.7 Å². The maximum Gasteiger partial charge on any atom is 0.410 e. The van der Waals surface area contributed by atoms with Gasteiger partial charge < -0.3 is 19.7 Å². The van der Waals surface area contributed by atoms with Crippen LogP contribution in [0.25, 0.3) is 5.57 Å². The Morgan fingerprint density at radius 1 is 1.05 bits per heavy atom. The van der Waals surface area contributed by atoms with Crippen LogP contribution in [0.2, 0.25) is 5.02 Å². The molecule has 1 atom stereocenters. The molecule has 1 unspecified atom stereocenters. The van der Waals surface area contributed by atoms with Crippen LogP contribution in [-0.2, 0) is 17.7 Å². The van der Waals surface area contributed by atoms with Crippen LogP contribution >= 0.6 is 11.6 Å². The van der Waals surface area contributed by atoms with Gasteiger partial charge in [-0.3, -0.25) is 0 Å². The van der Waals surface area contributed by atoms with Crippen molar-refractivity contribution in [3.05, 3.63) is 106 Å². The van der Waals surface area contributed by atoms with Crippen LogP contribution in [0, 0.1) is 17.5 Å². The van der Waals surface area contributed by atoms with E-state index in [4.69, 9.17) is 21.1 Å². The lowest BCUT2D eigenvalue weighted by Crippen LogP contribution is -2.40. The average Bonchev–Trinajstić information content (AvgIpc) is 2.95. The third-order valence-electron chi connectivity index (χ3n) is 6.49. The topological polar surface area (TPSA) is 50.8 Å². The van der Waals surface area contributed by atoms with E-state index < -0.39 is 35.4 Å². The molecule has 0 fully saturated rings. The molecule has 0 bridgehead atoms. The lowest BCUT2D eigenvalue weighted by molar-refractivity contribution is 0.0815. The standard InChI is InChI=1S/C30H30ClF3N2O3/c1-2-36(19-22-7-3-4-8-24(22)31)30(37)39-27-18-35-16-15-23(27)21-11-9-20(10-12-21)6-5-17-38-29-26(33)14-13-25(32)28(29)34/h3-4,7-15,27,35H,2,5-6,16-19H2,1H3. The highest BCUT2D eigenvalue weighted by Gasteiger charge is 2.26. The van der Waals surface area contributed by atoms with Crippen molar-refractivity contribution in [3.63, 3.8) is 0 Å². The zero-order valence-electron chi connectivity index (χ0n) is 21.6. The molecule has 5 nitrogen and oxygen atoms in total. The molecule has 9 heteroatoms. The van der Waals surface area contributed by atoms with E-state index in [2.05, 4.69) is 5.32 Å². The second-order valence-electron chi connectivity index (χ2n) is 9.12. The van der Waals surface area contributed by atoms with Gasteiger partial charge in [-0.25, -0.2) is 13.6 Å². The number of rotatable bonds is 10. The summed E-state index contributed by atoms with van der Waals surface area (Å²) in [5.74, 6) is -4.11. The number of ether oxygens (including phenoxy) is 2. The van der Waals surface area contributed by atoms with Crippen LogP contribution in [0.3, 0.4) is 0 Å². The molecule has 1 amide bonds. The summed E-state index contributed by atoms with van der Waals surface area (Å²) >= 11 is 6.28. The molecule has 1 aliphatic heterocycles. The fraction of sp³-hybridized carbons (Fsp3) is 0.300. The van der Waals surface area contributed by atoms with Gasteiger partial charge in [0.2, 0.25) is 5.82 Å². The minimum atomic E-state index is -1.32. The summed E-state index contributed by atoms with van der Waals surface area (Å²) in [6.45, 7) is 3.91. The Kier molecular flexibility index (Phi) is 9.90. The van der Waals surface area contributed by atoms with Crippen LogP contribution in [-0.4, -0.2) is 43.3 Å². The first-order valence-corrected chi connectivity index (χ1v) is 13.2. The molecule has 0 saturated carbocycles. The van der Waals surface area contributed by atoms with Crippen molar-refractivity contribution in [2.45, 2.75) is 32.4 Å². The molecule has 0 radical (unpaired) electrons. The molecular weight excluding hydrogens is 529 g/mol. The second kappa shape index (κ2) is 13.5. The van der Waals surface area contributed by atoms with Crippen molar-refractivity contribution in [2.75, 3.05) is 26.2 Å². The van der Waals surface area contributed by atoms with Gasteiger partial charge in [-0.1, -0.05) is 60.1 Å². The second-order valence-corrected chi connectivity index (χ2v) is 9.52. The van der Waals surface area contributed by atoms with E-state index in [1.807, 2.05) is 55.5 Å². The summed E-state index contributed by atoms with van der Waals surface area (Å²) in [4.78, 5) is 14.6. The van der Waals surface area contributed by atoms with Gasteiger partial charge in [-0.05, 0) is 60.2 Å². The molecule has 1 aliphatic rings. The zero-order chi connectivity index (χ0) is 27.8. The Morgan fingerprint density at radius 3 is 2.54 bits per heavy atom. The van der Waals surface area contributed by atoms with Crippen molar-refractivity contribution in [2.24, 2.45) is 0 Å². The Balaban J connectivity index is 1.33. The van der Waals surface area contributed by atoms with E-state index in [9.17, 15) is 18.0 Å². The third-order valence-corrected chi connectivity index (χ3v) is 6.86. The number of nitrogens with one attached hydrogen (secondary N) is 1. The van der Waals surface area contributed by atoms with Crippen molar-refractivity contribution >= 4 is 23.3 Å². The number of carbonyl (C=O) groups is 1. The smallest absolute Gasteiger partial charge is 0.410 e. The average molecular weight is 559 g/mol. The maximum absolute atomic E-state index is 13.7. The first kappa shape index (κ1) is 28.5. The molecule has 1 N–H and O–H groups in total. The first-order valence-electron chi connectivity index (χ1n) is 12.8. The Hall–Kier alpha value is -3.49. The monoisotopic (exact) mass is 558 g/mol. The van der Waals surface area contributed by atoms with Gasteiger partial charge in [0.05, 0.1) is 13.2 Å². The molecule has 206 valence electrons. The van der Waals surface area contributed by atoms with Gasteiger partial charge in [0.25, 0.3) is 0 Å². The quantitative estimate of drug-likeness (QED) is 0.220. The molecule has 4 rings (SSSR count). The molecular formula is C30H30ClF3N2O3. The summed E-state index contributed by atoms with van der Waals surface area (Å²) in [5, 5.41) is 3.84. The van der Waals surface area contributed by atoms with E-state index in [0.717, 1.165) is 34.4 Å². The summed E-state index contributed by atoms with van der Waals surface area (Å²) in [7, 11) is 0. The number of hydrogen-bond acceptors (Lipinski definition) is 4. The van der Waals surface area contributed by atoms with Crippen molar-refractivity contribution < 1.29 is 27.4 Å². The molecule has 3 aromatic carbocycles. The number of hydrogen-bond donors (Lipinski definition) is 1. The molecule has 39 heavy (non-hydrogen) atoms. The summed E-state index contributed by atoms with van der Waals surface area (Å²) in [5.41, 5.74) is 3.71. The normalized spacial score (nSPS) is 15.0. The lowest BCUT2D eigenvalue weighted by atomic mass is 9.96. The van der Waals surface area contributed by atoms with Gasteiger partial charge in [-0.15, -0.1) is 0 Å². The Morgan fingerprint density at radius 2 is 1.79 bits per heavy atom. The number of nitrogens with zero attached hydrogens (tertiary/aromatic N) is 1. The molecule has 0 aromatic heterocycles. The highest BCUT2D eigenvalue weighted by atomic mass is 35.5. The van der Waals surface area contributed by atoms with Crippen molar-refractivity contribution in [1.82, 2.24) is 10.2 Å². The van der Waals surface area contributed by atoms with Gasteiger partial charge in [0.1, 0.15) is 6.10 Å². The van der Waals surface area contributed by atoms with E-state index >= 15 is 0 Å². The van der Waals surface area contributed by atoms with E-state index in [1.54, 1.807) is 11.0 Å². The molecule has 0 aliphatic carbocycles. The highest BCUT2D eigenvalue weighted by Crippen LogP contribution is 2.26. The predicted molar refractivity (Wildman–Crippen MR) is 145 cm³/mol. The molecule has 0 spiro atoms. The summed E-state index contributed by atoms with van der Waals surface area (Å²) in [6.07, 6.45) is 2.23. The number of halogens is 4. The predicted octanol–water partition coefficient (Wildman–Crippen LogP) is 6.78. The van der Waals surface area contributed by atoms with E-state index in [1.165, 1.54) is 0 Å². The Bertz CT molecular complexity index is 1320. The molecule has 3 aromatic rings. The van der Waals surface area contributed by atoms with Crippen LogP contribution in [0.5, 0.6) is 5.75 Å². The van der Waals surface area contributed by atoms with Gasteiger partial charge in [-0.2, -0.15) is 4.39 Å². The number of carbonyl (C=O) groups excluding carboxylic acids is 1. The van der Waals surface area contributed by atoms with Crippen LogP contribution < -0.4 is 10.1 Å². The largest absolute Gasteiger partial charge is 0.488 e. The van der Waals surface area contributed by atoms with Gasteiger partial charge >= 0.3 is 6.09 Å². The summed E-state index contributed by atoms with van der Waals surface area (Å²) in [6, 6.07) is 16.8. The lowest BCUT2D eigenvalue weighted by Gasteiger charge is -2.29. The zero-order valence-corrected chi connectivity index (χ0v) is 22.3. The van der Waals surface area contributed by atoms with E-state index in [-0.39, 0.29) is 6.61 Å². The van der Waals surface area contributed by atoms with Crippen LogP contribution in [0.4, 0.5) is 18.0 Å². The van der Waals surface area contributed by atoms with Crippen molar-refractivity contribution in [1.29, 1.82) is 0 Å². The van der Waals surface area contributed by atoms with Gasteiger partial charge in [0, 0.05) is 24.7 Å². The minimum Gasteiger partial charge on any atom is -0.488 e. The number of aryl methyl sites for hydroxylation is 1. The number of amides is 1. The number of benzene rings is 3. The fourth-order valence-electron chi connectivity index (χ4n) is 4.34. The van der Waals surface area contributed by atoms with Crippen LogP contribution in [0.1, 0.15) is 30.0 Å². The maximum atomic E-state index is 13.7. The first-order chi connectivity index (χ1) is 18.9.